The van der Waals surface area contributed by atoms with Crippen molar-refractivity contribution in [1.82, 2.24) is 4.98 Å². The van der Waals surface area contributed by atoms with E-state index >= 15 is 0 Å². The Labute approximate surface area is 102 Å². The molecule has 0 amide bonds. The molecular formula is C13H19NO3. The molecule has 1 N–H and O–H groups in total. The molecule has 1 rings (SSSR count). The number of Topliss-reactive ketones (excluding diaryl/α,β-unsaturated/α-hetero) is 1. The molecule has 1 unspecified atom stereocenters. The Morgan fingerprint density at radius 1 is 1.47 bits per heavy atom. The maximum Gasteiger partial charge on any atom is 0.195 e. The van der Waals surface area contributed by atoms with Gasteiger partial charge in [-0.25, -0.2) is 0 Å². The minimum Gasteiger partial charge on any atom is -0.492 e. The average Bonchev–Trinajstić information content (AvgIpc) is 2.35. The minimum absolute atomic E-state index is 0.325. The fraction of sp³-hybridized carbons (Fsp3) is 0.538. The van der Waals surface area contributed by atoms with Crippen LogP contribution in [0.25, 0.3) is 0 Å². The molecule has 17 heavy (non-hydrogen) atoms. The van der Waals surface area contributed by atoms with Crippen molar-refractivity contribution in [3.05, 3.63) is 24.0 Å². The van der Waals surface area contributed by atoms with E-state index in [1.807, 2.05) is 6.92 Å². The number of rotatable bonds is 6. The van der Waals surface area contributed by atoms with E-state index in [0.717, 1.165) is 6.42 Å². The Kier molecular flexibility index (Phi) is 4.63. The first kappa shape index (κ1) is 13.6. The Bertz CT molecular complexity index is 388. The van der Waals surface area contributed by atoms with Crippen LogP contribution in [-0.4, -0.2) is 28.1 Å². The lowest BCUT2D eigenvalue weighted by atomic mass is 9.93. The zero-order valence-electron chi connectivity index (χ0n) is 10.6. The maximum atomic E-state index is 12.0. The molecule has 1 heterocycles. The molecule has 0 radical (unpaired) electrons. The molecular weight excluding hydrogens is 218 g/mol. The molecule has 4 heteroatoms. The van der Waals surface area contributed by atoms with E-state index in [1.165, 1.54) is 13.1 Å². The lowest BCUT2D eigenvalue weighted by molar-refractivity contribution is 0.0390. The van der Waals surface area contributed by atoms with Crippen LogP contribution in [0.1, 0.15) is 44.0 Å². The molecule has 0 saturated heterocycles. The number of hydrogen-bond acceptors (Lipinski definition) is 4. The van der Waals surface area contributed by atoms with Gasteiger partial charge in [-0.3, -0.25) is 9.78 Å². The van der Waals surface area contributed by atoms with Gasteiger partial charge in [0, 0.05) is 11.8 Å². The summed E-state index contributed by atoms with van der Waals surface area (Å²) in [5.74, 6) is 0.235. The van der Waals surface area contributed by atoms with Crippen LogP contribution in [0.4, 0.5) is 0 Å². The third kappa shape index (κ3) is 3.53. The van der Waals surface area contributed by atoms with Gasteiger partial charge in [-0.15, -0.1) is 0 Å². The van der Waals surface area contributed by atoms with E-state index in [2.05, 4.69) is 4.98 Å². The lowest BCUT2D eigenvalue weighted by Crippen LogP contribution is -2.34. The quantitative estimate of drug-likeness (QED) is 0.771. The first-order valence-electron chi connectivity index (χ1n) is 5.86. The second kappa shape index (κ2) is 5.77. The summed E-state index contributed by atoms with van der Waals surface area (Å²) in [5.41, 5.74) is -0.962. The Morgan fingerprint density at radius 2 is 2.18 bits per heavy atom. The van der Waals surface area contributed by atoms with E-state index in [0.29, 0.717) is 24.3 Å². The number of pyridine rings is 1. The van der Waals surface area contributed by atoms with Gasteiger partial charge in [-0.05, 0) is 25.8 Å². The fourth-order valence-corrected chi connectivity index (χ4v) is 1.31. The molecule has 0 aliphatic rings. The van der Waals surface area contributed by atoms with Crippen LogP contribution in [0.5, 0.6) is 5.75 Å². The second-order valence-corrected chi connectivity index (χ2v) is 4.21. The van der Waals surface area contributed by atoms with E-state index in [9.17, 15) is 9.90 Å². The van der Waals surface area contributed by atoms with Crippen molar-refractivity contribution in [3.8, 4) is 5.75 Å². The van der Waals surface area contributed by atoms with Gasteiger partial charge in [0.15, 0.2) is 5.78 Å². The topological polar surface area (TPSA) is 59.4 Å². The van der Waals surface area contributed by atoms with E-state index in [4.69, 9.17) is 4.74 Å². The first-order chi connectivity index (χ1) is 8.01. The van der Waals surface area contributed by atoms with E-state index in [-0.39, 0.29) is 5.78 Å². The lowest BCUT2D eigenvalue weighted by Gasteiger charge is -2.19. The summed E-state index contributed by atoms with van der Waals surface area (Å²) in [4.78, 5) is 15.9. The summed E-state index contributed by atoms with van der Waals surface area (Å²) >= 11 is 0. The van der Waals surface area contributed by atoms with Gasteiger partial charge < -0.3 is 9.84 Å². The minimum atomic E-state index is -1.34. The van der Waals surface area contributed by atoms with Crippen molar-refractivity contribution in [2.45, 2.75) is 39.2 Å². The number of carbonyl (C=O) groups excluding carboxylic acids is 1. The molecule has 94 valence electrons. The highest BCUT2D eigenvalue weighted by Crippen LogP contribution is 2.19. The Morgan fingerprint density at radius 3 is 2.76 bits per heavy atom. The van der Waals surface area contributed by atoms with Gasteiger partial charge in [0.2, 0.25) is 0 Å². The first-order valence-corrected chi connectivity index (χ1v) is 5.86. The van der Waals surface area contributed by atoms with Crippen LogP contribution in [-0.2, 0) is 0 Å². The van der Waals surface area contributed by atoms with Gasteiger partial charge in [0.1, 0.15) is 11.4 Å². The van der Waals surface area contributed by atoms with Crippen LogP contribution in [0.3, 0.4) is 0 Å². The highest BCUT2D eigenvalue weighted by atomic mass is 16.5. The number of aliphatic hydroxyl groups is 1. The number of hydrogen-bond donors (Lipinski definition) is 1. The monoisotopic (exact) mass is 237 g/mol. The van der Waals surface area contributed by atoms with Gasteiger partial charge in [-0.1, -0.05) is 13.8 Å². The summed E-state index contributed by atoms with van der Waals surface area (Å²) < 4.78 is 5.40. The molecule has 4 nitrogen and oxygen atoms in total. The third-order valence-corrected chi connectivity index (χ3v) is 2.63. The van der Waals surface area contributed by atoms with Gasteiger partial charge >= 0.3 is 0 Å². The van der Waals surface area contributed by atoms with Crippen molar-refractivity contribution < 1.29 is 14.6 Å². The smallest absolute Gasteiger partial charge is 0.195 e. The van der Waals surface area contributed by atoms with Crippen LogP contribution in [0.2, 0.25) is 0 Å². The zero-order chi connectivity index (χ0) is 12.9. The summed E-state index contributed by atoms with van der Waals surface area (Å²) in [5, 5.41) is 9.89. The van der Waals surface area contributed by atoms with Gasteiger partial charge in [0.05, 0.1) is 12.8 Å². The molecule has 0 spiro atoms. The van der Waals surface area contributed by atoms with E-state index in [1.54, 1.807) is 19.2 Å². The number of nitrogens with zero attached hydrogens (tertiary/aromatic N) is 1. The summed E-state index contributed by atoms with van der Waals surface area (Å²) in [6, 6.07) is 1.62. The molecule has 1 aromatic rings. The zero-order valence-corrected chi connectivity index (χ0v) is 10.6. The van der Waals surface area contributed by atoms with Crippen molar-refractivity contribution in [2.24, 2.45) is 0 Å². The van der Waals surface area contributed by atoms with Crippen LogP contribution in [0.15, 0.2) is 18.5 Å². The van der Waals surface area contributed by atoms with Crippen molar-refractivity contribution in [2.75, 3.05) is 6.61 Å². The molecule has 0 fully saturated rings. The summed E-state index contributed by atoms with van der Waals surface area (Å²) in [7, 11) is 0. The molecule has 0 saturated carbocycles. The second-order valence-electron chi connectivity index (χ2n) is 4.21. The predicted octanol–water partition coefficient (Wildman–Crippen LogP) is 2.21. The van der Waals surface area contributed by atoms with Crippen LogP contribution >= 0.6 is 0 Å². The number of carbonyl (C=O) groups is 1. The standard InChI is InChI=1S/C13H19NO3/c1-4-6-17-11-7-10(8-14-9-11)12(15)13(3,16)5-2/h7-9,16H,4-6H2,1-3H3. The highest BCUT2D eigenvalue weighted by molar-refractivity contribution is 6.01. The molecule has 0 aromatic carbocycles. The summed E-state index contributed by atoms with van der Waals surface area (Å²) in [6.07, 6.45) is 4.27. The summed E-state index contributed by atoms with van der Waals surface area (Å²) in [6.45, 7) is 5.87. The third-order valence-electron chi connectivity index (χ3n) is 2.63. The number of ketones is 1. The fourth-order valence-electron chi connectivity index (χ4n) is 1.31. The van der Waals surface area contributed by atoms with Crippen LogP contribution < -0.4 is 4.74 Å². The Hall–Kier alpha value is -1.42. The average molecular weight is 237 g/mol. The van der Waals surface area contributed by atoms with Crippen molar-refractivity contribution >= 4 is 5.78 Å². The van der Waals surface area contributed by atoms with E-state index < -0.39 is 5.60 Å². The highest BCUT2D eigenvalue weighted by Gasteiger charge is 2.29. The Balaban J connectivity index is 2.88. The largest absolute Gasteiger partial charge is 0.492 e. The van der Waals surface area contributed by atoms with Crippen LogP contribution in [0, 0.1) is 0 Å². The molecule has 0 aliphatic heterocycles. The molecule has 1 aromatic heterocycles. The molecule has 0 bridgehead atoms. The number of ether oxygens (including phenoxy) is 1. The van der Waals surface area contributed by atoms with Crippen molar-refractivity contribution in [1.29, 1.82) is 0 Å². The maximum absolute atomic E-state index is 12.0. The van der Waals surface area contributed by atoms with Gasteiger partial charge in [-0.2, -0.15) is 0 Å². The number of aromatic nitrogens is 1. The van der Waals surface area contributed by atoms with Crippen molar-refractivity contribution in [3.63, 3.8) is 0 Å². The van der Waals surface area contributed by atoms with Gasteiger partial charge in [0.25, 0.3) is 0 Å². The molecule has 0 aliphatic carbocycles. The normalized spacial score (nSPS) is 14.1. The predicted molar refractivity (Wildman–Crippen MR) is 65.3 cm³/mol. The SMILES string of the molecule is CCCOc1cncc(C(=O)C(C)(O)CC)c1. The molecule has 1 atom stereocenters.